The van der Waals surface area contributed by atoms with Gasteiger partial charge in [0.25, 0.3) is 0 Å². The Kier molecular flexibility index (Phi) is 8.28. The highest BCUT2D eigenvalue weighted by Crippen LogP contribution is 2.49. The molecule has 37 heavy (non-hydrogen) atoms. The van der Waals surface area contributed by atoms with Gasteiger partial charge in [0.1, 0.15) is 0 Å². The van der Waals surface area contributed by atoms with E-state index in [2.05, 4.69) is 62.9 Å². The molecule has 5 nitrogen and oxygen atoms in total. The van der Waals surface area contributed by atoms with Crippen LogP contribution >= 0.6 is 41.7 Å². The number of nitrogens with zero attached hydrogens (tertiary/aromatic N) is 3. The van der Waals surface area contributed by atoms with E-state index in [4.69, 9.17) is 9.72 Å². The van der Waals surface area contributed by atoms with Crippen LogP contribution in [0.4, 0.5) is 8.78 Å². The van der Waals surface area contributed by atoms with Crippen LogP contribution in [0.1, 0.15) is 44.4 Å². The molecule has 0 unspecified atom stereocenters. The van der Waals surface area contributed by atoms with Crippen LogP contribution in [0, 0.1) is 0 Å². The lowest BCUT2D eigenvalue weighted by atomic mass is 10.0. The highest BCUT2D eigenvalue weighted by molar-refractivity contribution is 14.2. The Morgan fingerprint density at radius 1 is 1.08 bits per heavy atom. The van der Waals surface area contributed by atoms with Crippen molar-refractivity contribution in [3.8, 4) is 33.1 Å². The number of pyridine rings is 1. The quantitative estimate of drug-likeness (QED) is 0.201. The largest absolute Gasteiger partial charge is 0.586 e. The summed E-state index contributed by atoms with van der Waals surface area (Å²) in [5, 5.41) is 0.875. The van der Waals surface area contributed by atoms with E-state index in [1.54, 1.807) is 23.5 Å². The molecule has 2 aliphatic heterocycles. The molecule has 10 heteroatoms. The Bertz CT molecular complexity index is 1390. The molecule has 196 valence electrons. The van der Waals surface area contributed by atoms with Crippen molar-refractivity contribution >= 4 is 52.7 Å². The van der Waals surface area contributed by atoms with Gasteiger partial charge in [-0.2, -0.15) is 0 Å². The fourth-order valence-electron chi connectivity index (χ4n) is 4.62. The highest BCUT2D eigenvalue weighted by atomic mass is 127. The summed E-state index contributed by atoms with van der Waals surface area (Å²) < 4.78 is 39.1. The first-order valence-electron chi connectivity index (χ1n) is 12.4. The minimum atomic E-state index is -3.67. The van der Waals surface area contributed by atoms with Gasteiger partial charge in [-0.1, -0.05) is 38.8 Å². The molecule has 1 saturated heterocycles. The van der Waals surface area contributed by atoms with Crippen LogP contribution < -0.4 is 9.47 Å². The van der Waals surface area contributed by atoms with E-state index in [-0.39, 0.29) is 11.5 Å². The molecule has 3 aromatic heterocycles. The summed E-state index contributed by atoms with van der Waals surface area (Å²) in [6.07, 6.45) is 5.25. The predicted molar refractivity (Wildman–Crippen MR) is 157 cm³/mol. The minimum Gasteiger partial charge on any atom is -0.395 e. The molecule has 0 aliphatic carbocycles. The van der Waals surface area contributed by atoms with Crippen molar-refractivity contribution in [2.75, 3.05) is 13.1 Å². The Balaban J connectivity index is 0.000000892. The first kappa shape index (κ1) is 26.7. The van der Waals surface area contributed by atoms with Gasteiger partial charge in [0, 0.05) is 81.1 Å². The molecular formula is C27H28F2IN3O2S2. The van der Waals surface area contributed by atoms with Crippen LogP contribution in [0.25, 0.3) is 32.6 Å². The lowest BCUT2D eigenvalue weighted by molar-refractivity contribution is -0.286. The fourth-order valence-corrected chi connectivity index (χ4v) is 6.91. The Labute approximate surface area is 235 Å². The number of hydrogen-bond donors (Lipinski definition) is 0. The second-order valence-electron chi connectivity index (χ2n) is 9.14. The van der Waals surface area contributed by atoms with E-state index >= 15 is 0 Å². The summed E-state index contributed by atoms with van der Waals surface area (Å²) in [5.41, 5.74) is 3.11. The molecule has 6 rings (SSSR count). The number of likely N-dealkylation sites (tertiary alicyclic amines) is 1. The minimum absolute atomic E-state index is 0.0373. The van der Waals surface area contributed by atoms with Gasteiger partial charge in [0.2, 0.25) is 0 Å². The van der Waals surface area contributed by atoms with E-state index in [9.17, 15) is 8.78 Å². The molecule has 0 amide bonds. The number of ether oxygens (including phenoxy) is 2. The standard InChI is InChI=1S/C24H20F2IN3O2S2.C3H8/c25-24(26)31-20-6-4-5-17(22(20)32-24)19-14-30(34-27)23-18(19)11-15(12-28-23)21-8-7-16(33-21)13-29-9-2-1-3-10-29;1-3-2/h4-8,11-12,14H,1-3,9-10,13H2;3H2,1-2H3. The molecule has 0 atom stereocenters. The zero-order chi connectivity index (χ0) is 26.0. The van der Waals surface area contributed by atoms with E-state index in [1.165, 1.54) is 45.7 Å². The second kappa shape index (κ2) is 11.5. The van der Waals surface area contributed by atoms with Gasteiger partial charge < -0.3 is 9.47 Å². The van der Waals surface area contributed by atoms with Crippen molar-refractivity contribution in [3.05, 3.63) is 53.7 Å². The van der Waals surface area contributed by atoms with Gasteiger partial charge in [-0.05, 0) is 50.2 Å². The molecule has 0 saturated carbocycles. The van der Waals surface area contributed by atoms with E-state index in [0.717, 1.165) is 46.7 Å². The van der Waals surface area contributed by atoms with Gasteiger partial charge in [0.15, 0.2) is 17.1 Å². The Morgan fingerprint density at radius 3 is 2.62 bits per heavy atom. The average Bonchev–Trinajstić information content (AvgIpc) is 3.58. The summed E-state index contributed by atoms with van der Waals surface area (Å²) in [5.74, 6) is 0.0885. The number of thiophene rings is 1. The van der Waals surface area contributed by atoms with Crippen LogP contribution in [0.2, 0.25) is 0 Å². The fraction of sp³-hybridized carbons (Fsp3) is 0.370. The number of rotatable bonds is 5. The van der Waals surface area contributed by atoms with Crippen LogP contribution in [0.3, 0.4) is 0 Å². The molecule has 1 aromatic carbocycles. The third kappa shape index (κ3) is 5.76. The first-order valence-corrected chi connectivity index (χ1v) is 16.6. The van der Waals surface area contributed by atoms with Crippen molar-refractivity contribution in [2.45, 2.75) is 52.4 Å². The van der Waals surface area contributed by atoms with Crippen molar-refractivity contribution < 1.29 is 18.3 Å². The van der Waals surface area contributed by atoms with Crippen LogP contribution in [0.5, 0.6) is 11.5 Å². The van der Waals surface area contributed by atoms with Crippen molar-refractivity contribution in [1.29, 1.82) is 0 Å². The summed E-state index contributed by atoms with van der Waals surface area (Å²) in [6.45, 7) is 7.56. The van der Waals surface area contributed by atoms with Gasteiger partial charge in [-0.25, -0.2) is 4.98 Å². The summed E-state index contributed by atoms with van der Waals surface area (Å²) >= 11 is 3.97. The van der Waals surface area contributed by atoms with Gasteiger partial charge in [-0.3, -0.25) is 8.87 Å². The maximum absolute atomic E-state index is 13.8. The highest BCUT2D eigenvalue weighted by Gasteiger charge is 2.44. The number of halogens is 3. The van der Waals surface area contributed by atoms with Crippen molar-refractivity contribution in [3.63, 3.8) is 0 Å². The Morgan fingerprint density at radius 2 is 1.86 bits per heavy atom. The van der Waals surface area contributed by atoms with Crippen molar-refractivity contribution in [2.24, 2.45) is 0 Å². The number of para-hydroxylation sites is 1. The zero-order valence-corrected chi connectivity index (χ0v) is 24.5. The van der Waals surface area contributed by atoms with Crippen molar-refractivity contribution in [1.82, 2.24) is 13.9 Å². The number of fused-ring (bicyclic) bond motifs is 2. The molecular weight excluding hydrogens is 627 g/mol. The summed E-state index contributed by atoms with van der Waals surface area (Å²) in [6, 6.07) is 11.4. The van der Waals surface area contributed by atoms with Crippen LogP contribution in [0.15, 0.2) is 48.8 Å². The maximum Gasteiger partial charge on any atom is 0.586 e. The summed E-state index contributed by atoms with van der Waals surface area (Å²) in [7, 11) is 1.47. The average molecular weight is 656 g/mol. The smallest absolute Gasteiger partial charge is 0.395 e. The maximum atomic E-state index is 13.8. The number of aromatic nitrogens is 2. The predicted octanol–water partition coefficient (Wildman–Crippen LogP) is 9.00. The monoisotopic (exact) mass is 655 g/mol. The SMILES string of the molecule is CCC.FC1(F)Oc2cccc(-c3cn(SI)c4ncc(-c5ccc(CN6CCCCC6)s5)cc34)c2O1. The third-order valence-electron chi connectivity index (χ3n) is 6.18. The Hall–Kier alpha value is -1.89. The normalized spacial score (nSPS) is 16.6. The molecule has 0 radical (unpaired) electrons. The van der Waals surface area contributed by atoms with E-state index in [1.807, 2.05) is 16.4 Å². The molecule has 0 N–H and O–H groups in total. The first-order chi connectivity index (χ1) is 17.9. The molecule has 1 fully saturated rings. The summed E-state index contributed by atoms with van der Waals surface area (Å²) in [4.78, 5) is 9.74. The zero-order valence-electron chi connectivity index (χ0n) is 20.7. The number of hydrogen-bond acceptors (Lipinski definition) is 6. The lowest BCUT2D eigenvalue weighted by Crippen LogP contribution is -2.28. The number of benzene rings is 1. The van der Waals surface area contributed by atoms with Crippen LogP contribution in [-0.2, 0) is 6.54 Å². The van der Waals surface area contributed by atoms with Gasteiger partial charge >= 0.3 is 6.29 Å². The number of piperidine rings is 1. The molecule has 0 spiro atoms. The molecule has 0 bridgehead atoms. The van der Waals surface area contributed by atoms with Gasteiger partial charge in [0.05, 0.1) is 0 Å². The number of alkyl halides is 2. The molecule has 4 aromatic rings. The lowest BCUT2D eigenvalue weighted by Gasteiger charge is -2.25. The van der Waals surface area contributed by atoms with E-state index < -0.39 is 6.29 Å². The molecule has 5 heterocycles. The third-order valence-corrected chi connectivity index (χ3v) is 9.00. The van der Waals surface area contributed by atoms with Gasteiger partial charge in [-0.15, -0.1) is 20.1 Å². The molecule has 2 aliphatic rings. The second-order valence-corrected chi connectivity index (χ2v) is 12.0. The topological polar surface area (TPSA) is 39.5 Å². The van der Waals surface area contributed by atoms with E-state index in [0.29, 0.717) is 5.56 Å². The van der Waals surface area contributed by atoms with Crippen LogP contribution in [-0.4, -0.2) is 33.2 Å².